The number of carbonyl (C=O) groups is 1. The summed E-state index contributed by atoms with van der Waals surface area (Å²) in [6.07, 6.45) is -1.04. The number of amides is 1. The van der Waals surface area contributed by atoms with Gasteiger partial charge in [0.15, 0.2) is 16.6 Å². The van der Waals surface area contributed by atoms with E-state index in [0.717, 1.165) is 15.3 Å². The maximum Gasteiger partial charge on any atom is 0.404 e. The lowest BCUT2D eigenvalue weighted by molar-refractivity contribution is 0.195. The summed E-state index contributed by atoms with van der Waals surface area (Å²) in [5, 5.41) is 14.5. The molecule has 1 aromatic heterocycles. The van der Waals surface area contributed by atoms with Crippen LogP contribution in [0.15, 0.2) is 12.1 Å². The predicted octanol–water partition coefficient (Wildman–Crippen LogP) is 1.99. The van der Waals surface area contributed by atoms with Crippen LogP contribution >= 0.6 is 11.3 Å². The van der Waals surface area contributed by atoms with Crippen LogP contribution in [0.1, 0.15) is 0 Å². The van der Waals surface area contributed by atoms with Gasteiger partial charge in [-0.15, -0.1) is 0 Å². The van der Waals surface area contributed by atoms with E-state index in [1.807, 2.05) is 12.1 Å². The molecule has 1 aromatic carbocycles. The minimum Gasteiger partial charge on any atom is -0.493 e. The van der Waals surface area contributed by atoms with E-state index in [9.17, 15) is 4.79 Å². The van der Waals surface area contributed by atoms with Crippen molar-refractivity contribution >= 4 is 32.8 Å². The van der Waals surface area contributed by atoms with E-state index < -0.39 is 6.09 Å². The summed E-state index contributed by atoms with van der Waals surface area (Å²) in [6, 6.07) is 3.68. The molecule has 1 amide bonds. The molecule has 0 unspecified atom stereocenters. The number of carboxylic acid groups (broad SMARTS) is 1. The number of hydrogen-bond donors (Lipinski definition) is 3. The standard InChI is InChI=1S/C12H15N3O4S/c1-18-8-5-7-10(6-9(8)19-2)20-11(15-7)13-3-4-14-12(16)17/h5-6,14H,3-4H2,1-2H3,(H,13,15)(H,16,17). The molecule has 0 spiro atoms. The van der Waals surface area contributed by atoms with Crippen LogP contribution in [0.2, 0.25) is 0 Å². The molecule has 0 radical (unpaired) electrons. The van der Waals surface area contributed by atoms with E-state index in [1.165, 1.54) is 11.3 Å². The first-order valence-corrected chi connectivity index (χ1v) is 6.69. The van der Waals surface area contributed by atoms with E-state index >= 15 is 0 Å². The summed E-state index contributed by atoms with van der Waals surface area (Å²) in [5.41, 5.74) is 0.807. The lowest BCUT2D eigenvalue weighted by Crippen LogP contribution is -2.26. The van der Waals surface area contributed by atoms with Crippen LogP contribution in [-0.2, 0) is 0 Å². The van der Waals surface area contributed by atoms with Crippen LogP contribution in [0.25, 0.3) is 10.2 Å². The molecule has 1 heterocycles. The number of benzene rings is 1. The molecule has 0 aliphatic heterocycles. The zero-order valence-electron chi connectivity index (χ0n) is 11.1. The SMILES string of the molecule is COc1cc2nc(NCCNC(=O)O)sc2cc1OC. The van der Waals surface area contributed by atoms with Crippen molar-refractivity contribution in [3.8, 4) is 11.5 Å². The zero-order chi connectivity index (χ0) is 14.5. The quantitative estimate of drug-likeness (QED) is 0.706. The minimum atomic E-state index is -1.04. The average Bonchev–Trinajstić information content (AvgIpc) is 2.83. The normalized spacial score (nSPS) is 10.3. The van der Waals surface area contributed by atoms with Gasteiger partial charge in [-0.3, -0.25) is 0 Å². The van der Waals surface area contributed by atoms with Crippen molar-refractivity contribution in [2.24, 2.45) is 0 Å². The number of anilines is 1. The molecule has 2 rings (SSSR count). The molecule has 2 aromatic rings. The summed E-state index contributed by atoms with van der Waals surface area (Å²) < 4.78 is 11.4. The van der Waals surface area contributed by atoms with Crippen LogP contribution in [-0.4, -0.2) is 43.5 Å². The zero-order valence-corrected chi connectivity index (χ0v) is 11.9. The Morgan fingerprint density at radius 3 is 2.65 bits per heavy atom. The van der Waals surface area contributed by atoms with Gasteiger partial charge in [-0.1, -0.05) is 11.3 Å². The van der Waals surface area contributed by atoms with E-state index in [0.29, 0.717) is 24.6 Å². The number of fused-ring (bicyclic) bond motifs is 1. The van der Waals surface area contributed by atoms with Crippen molar-refractivity contribution < 1.29 is 19.4 Å². The molecule has 0 saturated carbocycles. The fourth-order valence-corrected chi connectivity index (χ4v) is 2.57. The number of rotatable bonds is 6. The molecule has 0 saturated heterocycles. The van der Waals surface area contributed by atoms with Gasteiger partial charge in [0.1, 0.15) is 0 Å². The largest absolute Gasteiger partial charge is 0.493 e. The number of thiazole rings is 1. The monoisotopic (exact) mass is 297 g/mol. The lowest BCUT2D eigenvalue weighted by Gasteiger charge is -2.05. The Bertz CT molecular complexity index is 573. The van der Waals surface area contributed by atoms with E-state index in [1.54, 1.807) is 14.2 Å². The summed E-state index contributed by atoms with van der Waals surface area (Å²) >= 11 is 1.47. The van der Waals surface area contributed by atoms with E-state index in [4.69, 9.17) is 14.6 Å². The molecular weight excluding hydrogens is 282 g/mol. The number of aromatic nitrogens is 1. The molecule has 108 valence electrons. The van der Waals surface area contributed by atoms with Crippen LogP contribution in [0.4, 0.5) is 9.93 Å². The second kappa shape index (κ2) is 6.29. The highest BCUT2D eigenvalue weighted by Gasteiger charge is 2.10. The van der Waals surface area contributed by atoms with Gasteiger partial charge in [0.05, 0.1) is 24.4 Å². The van der Waals surface area contributed by atoms with Crippen LogP contribution in [0.5, 0.6) is 11.5 Å². The second-order valence-corrected chi connectivity index (χ2v) is 4.88. The Labute approximate surface area is 119 Å². The van der Waals surface area contributed by atoms with Crippen LogP contribution in [0, 0.1) is 0 Å². The van der Waals surface area contributed by atoms with Crippen LogP contribution < -0.4 is 20.1 Å². The van der Waals surface area contributed by atoms with Crippen molar-refractivity contribution in [2.75, 3.05) is 32.6 Å². The first-order chi connectivity index (χ1) is 9.63. The highest BCUT2D eigenvalue weighted by atomic mass is 32.1. The first-order valence-electron chi connectivity index (χ1n) is 5.87. The van der Waals surface area contributed by atoms with Crippen molar-refractivity contribution in [1.29, 1.82) is 0 Å². The summed E-state index contributed by atoms with van der Waals surface area (Å²) in [6.45, 7) is 0.790. The third kappa shape index (κ3) is 3.21. The van der Waals surface area contributed by atoms with Crippen LogP contribution in [0.3, 0.4) is 0 Å². The summed E-state index contributed by atoms with van der Waals surface area (Å²) in [7, 11) is 3.16. The number of ether oxygens (including phenoxy) is 2. The van der Waals surface area contributed by atoms with Gasteiger partial charge in [-0.2, -0.15) is 0 Å². The summed E-state index contributed by atoms with van der Waals surface area (Å²) in [4.78, 5) is 14.7. The number of nitrogens with one attached hydrogen (secondary N) is 2. The van der Waals surface area contributed by atoms with E-state index in [-0.39, 0.29) is 0 Å². The Balaban J connectivity index is 2.10. The van der Waals surface area contributed by atoms with Crippen molar-refractivity contribution in [2.45, 2.75) is 0 Å². The second-order valence-electron chi connectivity index (χ2n) is 3.85. The molecule has 8 heteroatoms. The fraction of sp³-hybridized carbons (Fsp3) is 0.333. The molecule has 0 aliphatic carbocycles. The van der Waals surface area contributed by atoms with Crippen molar-refractivity contribution in [3.63, 3.8) is 0 Å². The van der Waals surface area contributed by atoms with Crippen molar-refractivity contribution in [1.82, 2.24) is 10.3 Å². The summed E-state index contributed by atoms with van der Waals surface area (Å²) in [5.74, 6) is 1.28. The van der Waals surface area contributed by atoms with E-state index in [2.05, 4.69) is 15.6 Å². The smallest absolute Gasteiger partial charge is 0.404 e. The number of hydrogen-bond acceptors (Lipinski definition) is 6. The van der Waals surface area contributed by atoms with Gasteiger partial charge >= 0.3 is 6.09 Å². The number of methoxy groups -OCH3 is 2. The molecule has 7 nitrogen and oxygen atoms in total. The van der Waals surface area contributed by atoms with Gasteiger partial charge in [-0.05, 0) is 0 Å². The van der Waals surface area contributed by atoms with Gasteiger partial charge in [0.25, 0.3) is 0 Å². The Hall–Kier alpha value is -2.22. The highest BCUT2D eigenvalue weighted by molar-refractivity contribution is 7.22. The molecule has 0 aliphatic rings. The third-order valence-electron chi connectivity index (χ3n) is 2.57. The topological polar surface area (TPSA) is 92.7 Å². The number of nitrogens with zero attached hydrogens (tertiary/aromatic N) is 1. The van der Waals surface area contributed by atoms with Gasteiger partial charge in [0.2, 0.25) is 0 Å². The minimum absolute atomic E-state index is 0.317. The molecule has 0 bridgehead atoms. The van der Waals surface area contributed by atoms with Gasteiger partial charge in [0, 0.05) is 25.2 Å². The molecule has 20 heavy (non-hydrogen) atoms. The Morgan fingerprint density at radius 1 is 1.30 bits per heavy atom. The Morgan fingerprint density at radius 2 is 2.00 bits per heavy atom. The molecule has 3 N–H and O–H groups in total. The predicted molar refractivity (Wildman–Crippen MR) is 77.2 cm³/mol. The van der Waals surface area contributed by atoms with Gasteiger partial charge in [-0.25, -0.2) is 9.78 Å². The Kier molecular flexibility index (Phi) is 4.46. The third-order valence-corrected chi connectivity index (χ3v) is 3.55. The average molecular weight is 297 g/mol. The molecule has 0 fully saturated rings. The highest BCUT2D eigenvalue weighted by Crippen LogP contribution is 2.35. The first kappa shape index (κ1) is 14.2. The van der Waals surface area contributed by atoms with Crippen molar-refractivity contribution in [3.05, 3.63) is 12.1 Å². The lowest BCUT2D eigenvalue weighted by atomic mass is 10.3. The maximum absolute atomic E-state index is 10.3. The molecular formula is C12H15N3O4S. The molecule has 0 atom stereocenters. The maximum atomic E-state index is 10.3. The van der Waals surface area contributed by atoms with Gasteiger partial charge < -0.3 is 25.2 Å². The fourth-order valence-electron chi connectivity index (χ4n) is 1.67.